The van der Waals surface area contributed by atoms with Crippen LogP contribution in [0.5, 0.6) is 0 Å². The van der Waals surface area contributed by atoms with Gasteiger partial charge < -0.3 is 21.5 Å². The molecule has 102 valence electrons. The van der Waals surface area contributed by atoms with E-state index in [0.717, 1.165) is 18.4 Å². The number of rotatable bonds is 4. The Morgan fingerprint density at radius 1 is 1.42 bits per heavy atom. The number of fused-ring (bicyclic) bond motifs is 1. The third-order valence-electron chi connectivity index (χ3n) is 3.24. The summed E-state index contributed by atoms with van der Waals surface area (Å²) in [5.74, 6) is -1.13. The van der Waals surface area contributed by atoms with E-state index in [2.05, 4.69) is 16.7 Å². The highest BCUT2D eigenvalue weighted by molar-refractivity contribution is 5.77. The number of carboxylic acid groups (broad SMARTS) is 1. The second-order valence-electron chi connectivity index (χ2n) is 4.59. The maximum atomic E-state index is 11.7. The van der Waals surface area contributed by atoms with Crippen LogP contribution in [0.15, 0.2) is 24.3 Å². The zero-order valence-electron chi connectivity index (χ0n) is 10.4. The van der Waals surface area contributed by atoms with Gasteiger partial charge in [0.15, 0.2) is 0 Å². The number of nitrogens with one attached hydrogen (secondary N) is 2. The lowest BCUT2D eigenvalue weighted by molar-refractivity contribution is -0.138. The number of nitrogens with two attached hydrogens (primary N) is 1. The van der Waals surface area contributed by atoms with Gasteiger partial charge in [-0.2, -0.15) is 0 Å². The van der Waals surface area contributed by atoms with Crippen molar-refractivity contribution in [3.63, 3.8) is 0 Å². The van der Waals surface area contributed by atoms with Gasteiger partial charge in [-0.1, -0.05) is 24.3 Å². The minimum atomic E-state index is -1.13. The molecule has 0 aromatic heterocycles. The molecule has 2 rings (SSSR count). The van der Waals surface area contributed by atoms with Crippen molar-refractivity contribution < 1.29 is 14.7 Å². The fourth-order valence-electron chi connectivity index (χ4n) is 2.21. The summed E-state index contributed by atoms with van der Waals surface area (Å²) in [5.41, 5.74) is 7.68. The monoisotopic (exact) mass is 263 g/mol. The molecule has 0 aliphatic heterocycles. The Morgan fingerprint density at radius 3 is 2.89 bits per heavy atom. The molecule has 1 aromatic rings. The molecule has 6 heteroatoms. The molecule has 0 heterocycles. The highest BCUT2D eigenvalue weighted by Crippen LogP contribution is 2.30. The van der Waals surface area contributed by atoms with Crippen LogP contribution >= 0.6 is 0 Å². The molecule has 0 unspecified atom stereocenters. The summed E-state index contributed by atoms with van der Waals surface area (Å²) < 4.78 is 0. The largest absolute Gasteiger partial charge is 0.480 e. The number of benzene rings is 1. The summed E-state index contributed by atoms with van der Waals surface area (Å²) in [6, 6.07) is 6.48. The molecule has 0 radical (unpaired) electrons. The van der Waals surface area contributed by atoms with Gasteiger partial charge in [0.25, 0.3) is 0 Å². The second kappa shape index (κ2) is 5.71. The van der Waals surface area contributed by atoms with Crippen molar-refractivity contribution in [1.82, 2.24) is 10.6 Å². The number of hydrogen-bond donors (Lipinski definition) is 4. The molecule has 1 aromatic carbocycles. The van der Waals surface area contributed by atoms with Crippen molar-refractivity contribution in [1.29, 1.82) is 0 Å². The van der Waals surface area contributed by atoms with Crippen molar-refractivity contribution in [3.05, 3.63) is 35.4 Å². The van der Waals surface area contributed by atoms with E-state index in [9.17, 15) is 9.59 Å². The number of amides is 2. The highest BCUT2D eigenvalue weighted by atomic mass is 16.4. The van der Waals surface area contributed by atoms with Crippen LogP contribution in [0, 0.1) is 0 Å². The number of hydrogen-bond acceptors (Lipinski definition) is 3. The molecule has 0 saturated carbocycles. The predicted molar refractivity (Wildman–Crippen MR) is 69.6 cm³/mol. The summed E-state index contributed by atoms with van der Waals surface area (Å²) in [7, 11) is 0. The fourth-order valence-corrected chi connectivity index (χ4v) is 2.21. The lowest BCUT2D eigenvalue weighted by atomic mass is 10.1. The molecule has 5 N–H and O–H groups in total. The molecule has 19 heavy (non-hydrogen) atoms. The first-order valence-corrected chi connectivity index (χ1v) is 6.18. The van der Waals surface area contributed by atoms with E-state index >= 15 is 0 Å². The van der Waals surface area contributed by atoms with Crippen LogP contribution < -0.4 is 16.4 Å². The Kier molecular flexibility index (Phi) is 4.01. The van der Waals surface area contributed by atoms with E-state index in [4.69, 9.17) is 10.8 Å². The second-order valence-corrected chi connectivity index (χ2v) is 4.59. The lowest BCUT2D eigenvalue weighted by Gasteiger charge is -2.15. The van der Waals surface area contributed by atoms with Crippen LogP contribution in [0.1, 0.15) is 23.6 Å². The van der Waals surface area contributed by atoms with Gasteiger partial charge in [-0.05, 0) is 24.0 Å². The van der Waals surface area contributed by atoms with Gasteiger partial charge in [0, 0.05) is 6.54 Å². The number of urea groups is 1. The standard InChI is InChI=1S/C13H17N3O3/c14-10(12(17)18)7-15-13(19)16-11-6-5-8-3-1-2-4-9(8)11/h1-4,10-11H,5-7,14H2,(H,17,18)(H2,15,16,19)/t10-,11+/m0/s1. The van der Waals surface area contributed by atoms with Crippen LogP contribution in [0.25, 0.3) is 0 Å². The molecule has 1 aliphatic rings. The number of aliphatic carboxylic acids is 1. The van der Waals surface area contributed by atoms with E-state index in [1.165, 1.54) is 5.56 Å². The molecule has 0 fully saturated rings. The zero-order valence-corrected chi connectivity index (χ0v) is 10.4. The molecule has 0 bridgehead atoms. The minimum Gasteiger partial charge on any atom is -0.480 e. The van der Waals surface area contributed by atoms with Gasteiger partial charge in [0.05, 0.1) is 6.04 Å². The number of carbonyl (C=O) groups excluding carboxylic acids is 1. The van der Waals surface area contributed by atoms with Gasteiger partial charge in [-0.3, -0.25) is 4.79 Å². The quantitative estimate of drug-likeness (QED) is 0.630. The first-order chi connectivity index (χ1) is 9.08. The molecular formula is C13H17N3O3. The zero-order chi connectivity index (χ0) is 13.8. The maximum absolute atomic E-state index is 11.7. The number of carbonyl (C=O) groups is 2. The average Bonchev–Trinajstić information content (AvgIpc) is 2.79. The molecule has 2 amide bonds. The summed E-state index contributed by atoms with van der Waals surface area (Å²) in [5, 5.41) is 13.9. The molecular weight excluding hydrogens is 246 g/mol. The van der Waals surface area contributed by atoms with Crippen molar-refractivity contribution in [3.8, 4) is 0 Å². The summed E-state index contributed by atoms with van der Waals surface area (Å²) in [4.78, 5) is 22.2. The highest BCUT2D eigenvalue weighted by Gasteiger charge is 2.23. The molecule has 6 nitrogen and oxygen atoms in total. The third kappa shape index (κ3) is 3.23. The molecule has 0 saturated heterocycles. The van der Waals surface area contributed by atoms with Crippen LogP contribution in [0.2, 0.25) is 0 Å². The summed E-state index contributed by atoms with van der Waals surface area (Å²) in [6.45, 7) is -0.0878. The SMILES string of the molecule is N[C@@H](CNC(=O)N[C@@H]1CCc2ccccc21)C(=O)O. The van der Waals surface area contributed by atoms with Crippen LogP contribution in [-0.2, 0) is 11.2 Å². The van der Waals surface area contributed by atoms with E-state index in [1.807, 2.05) is 18.2 Å². The minimum absolute atomic E-state index is 0.0164. The first kappa shape index (κ1) is 13.4. The number of carboxylic acids is 1. The van der Waals surface area contributed by atoms with Crippen LogP contribution in [-0.4, -0.2) is 29.7 Å². The maximum Gasteiger partial charge on any atom is 0.322 e. The van der Waals surface area contributed by atoms with Gasteiger partial charge in [-0.15, -0.1) is 0 Å². The molecule has 0 spiro atoms. The molecule has 2 atom stereocenters. The van der Waals surface area contributed by atoms with Gasteiger partial charge in [0.2, 0.25) is 0 Å². The predicted octanol–water partition coefficient (Wildman–Crippen LogP) is 0.385. The summed E-state index contributed by atoms with van der Waals surface area (Å²) >= 11 is 0. The summed E-state index contributed by atoms with van der Waals surface area (Å²) in [6.07, 6.45) is 1.80. The van der Waals surface area contributed by atoms with E-state index in [-0.39, 0.29) is 12.6 Å². The third-order valence-corrected chi connectivity index (χ3v) is 3.24. The Balaban J connectivity index is 1.86. The lowest BCUT2D eigenvalue weighted by Crippen LogP contribution is -2.46. The van der Waals surface area contributed by atoms with E-state index in [0.29, 0.717) is 0 Å². The van der Waals surface area contributed by atoms with Crippen LogP contribution in [0.4, 0.5) is 4.79 Å². The Bertz CT molecular complexity index is 490. The Hall–Kier alpha value is -2.08. The van der Waals surface area contributed by atoms with Crippen molar-refractivity contribution in [2.45, 2.75) is 24.9 Å². The van der Waals surface area contributed by atoms with Gasteiger partial charge in [-0.25, -0.2) is 4.79 Å². The Morgan fingerprint density at radius 2 is 2.16 bits per heavy atom. The Labute approximate surface area is 111 Å². The van der Waals surface area contributed by atoms with Gasteiger partial charge >= 0.3 is 12.0 Å². The fraction of sp³-hybridized carbons (Fsp3) is 0.385. The topological polar surface area (TPSA) is 104 Å². The van der Waals surface area contributed by atoms with Crippen molar-refractivity contribution >= 4 is 12.0 Å². The van der Waals surface area contributed by atoms with E-state index in [1.54, 1.807) is 0 Å². The van der Waals surface area contributed by atoms with Crippen molar-refractivity contribution in [2.75, 3.05) is 6.54 Å². The smallest absolute Gasteiger partial charge is 0.322 e. The average molecular weight is 263 g/mol. The van der Waals surface area contributed by atoms with E-state index < -0.39 is 18.0 Å². The van der Waals surface area contributed by atoms with Crippen molar-refractivity contribution in [2.24, 2.45) is 5.73 Å². The van der Waals surface area contributed by atoms with Crippen LogP contribution in [0.3, 0.4) is 0 Å². The number of aryl methyl sites for hydroxylation is 1. The van der Waals surface area contributed by atoms with Gasteiger partial charge in [0.1, 0.15) is 6.04 Å². The molecule has 1 aliphatic carbocycles. The first-order valence-electron chi connectivity index (χ1n) is 6.18. The normalized spacial score (nSPS) is 18.5.